The number of hydrogen-bond donors (Lipinski definition) is 1. The zero-order valence-corrected chi connectivity index (χ0v) is 11.8. The van der Waals surface area contributed by atoms with Gasteiger partial charge in [-0.05, 0) is 31.1 Å². The van der Waals surface area contributed by atoms with E-state index in [1.165, 1.54) is 6.08 Å². The number of aldehydes is 1. The van der Waals surface area contributed by atoms with Gasteiger partial charge in [0.15, 0.2) is 0 Å². The maximum atomic E-state index is 11.6. The maximum Gasteiger partial charge on any atom is 0.331 e. The molecule has 19 heavy (non-hydrogen) atoms. The van der Waals surface area contributed by atoms with Crippen molar-refractivity contribution in [3.8, 4) is 0 Å². The molecule has 0 spiro atoms. The summed E-state index contributed by atoms with van der Waals surface area (Å²) in [7, 11) is 0. The van der Waals surface area contributed by atoms with E-state index in [-0.39, 0.29) is 12.0 Å². The predicted octanol–water partition coefficient (Wildman–Crippen LogP) is 1.95. The summed E-state index contributed by atoms with van der Waals surface area (Å²) in [6.07, 6.45) is 5.11. The van der Waals surface area contributed by atoms with E-state index in [1.54, 1.807) is 13.0 Å². The summed E-state index contributed by atoms with van der Waals surface area (Å²) >= 11 is 0. The van der Waals surface area contributed by atoms with E-state index < -0.39 is 12.1 Å². The van der Waals surface area contributed by atoms with E-state index in [0.717, 1.165) is 11.9 Å². The molecule has 1 rings (SSSR count). The van der Waals surface area contributed by atoms with E-state index in [9.17, 15) is 9.59 Å². The minimum absolute atomic E-state index is 0.183. The lowest BCUT2D eigenvalue weighted by Crippen LogP contribution is -2.26. The minimum Gasteiger partial charge on any atom is -0.450 e. The van der Waals surface area contributed by atoms with Crippen LogP contribution < -0.4 is 0 Å². The van der Waals surface area contributed by atoms with Crippen molar-refractivity contribution in [1.82, 2.24) is 0 Å². The molecule has 4 nitrogen and oxygen atoms in total. The summed E-state index contributed by atoms with van der Waals surface area (Å²) in [6, 6.07) is 0. The van der Waals surface area contributed by atoms with Gasteiger partial charge in [0.25, 0.3) is 0 Å². The van der Waals surface area contributed by atoms with Crippen molar-refractivity contribution in [2.24, 2.45) is 5.41 Å². The van der Waals surface area contributed by atoms with Crippen LogP contribution >= 0.6 is 0 Å². The van der Waals surface area contributed by atoms with Crippen molar-refractivity contribution in [2.45, 2.75) is 33.8 Å². The van der Waals surface area contributed by atoms with Gasteiger partial charge in [0.1, 0.15) is 12.4 Å². The SMILES string of the molecule is CC(=CC(=O)O[C@@H]1C=C(C=O)C(C)(C)C=C1C)CO. The minimum atomic E-state index is -0.525. The Morgan fingerprint density at radius 1 is 1.53 bits per heavy atom. The summed E-state index contributed by atoms with van der Waals surface area (Å²) < 4.78 is 5.27. The molecule has 1 N–H and O–H groups in total. The topological polar surface area (TPSA) is 63.6 Å². The average molecular weight is 264 g/mol. The van der Waals surface area contributed by atoms with Gasteiger partial charge >= 0.3 is 5.97 Å². The van der Waals surface area contributed by atoms with E-state index in [4.69, 9.17) is 9.84 Å². The van der Waals surface area contributed by atoms with Crippen molar-refractivity contribution in [3.05, 3.63) is 34.9 Å². The summed E-state index contributed by atoms with van der Waals surface area (Å²) in [6.45, 7) is 7.19. The molecule has 1 aliphatic rings. The Balaban J connectivity index is 2.88. The van der Waals surface area contributed by atoms with Crippen LogP contribution in [0.1, 0.15) is 27.7 Å². The molecule has 104 valence electrons. The molecule has 4 heteroatoms. The molecular weight excluding hydrogens is 244 g/mol. The largest absolute Gasteiger partial charge is 0.450 e. The molecule has 0 radical (unpaired) electrons. The zero-order valence-electron chi connectivity index (χ0n) is 11.8. The van der Waals surface area contributed by atoms with Crippen LogP contribution in [0.4, 0.5) is 0 Å². The molecule has 0 aromatic heterocycles. The molecule has 0 fully saturated rings. The van der Waals surface area contributed by atoms with Crippen molar-refractivity contribution >= 4 is 12.3 Å². The molecule has 0 amide bonds. The lowest BCUT2D eigenvalue weighted by molar-refractivity contribution is -0.139. The van der Waals surface area contributed by atoms with E-state index in [0.29, 0.717) is 11.1 Å². The predicted molar refractivity (Wildman–Crippen MR) is 72.4 cm³/mol. The number of carbonyl (C=O) groups is 2. The number of aliphatic hydroxyl groups excluding tert-OH is 1. The van der Waals surface area contributed by atoms with Crippen LogP contribution in [-0.2, 0) is 14.3 Å². The number of hydrogen-bond acceptors (Lipinski definition) is 4. The smallest absolute Gasteiger partial charge is 0.331 e. The number of carbonyl (C=O) groups excluding carboxylic acids is 2. The van der Waals surface area contributed by atoms with Crippen LogP contribution in [-0.4, -0.2) is 30.1 Å². The zero-order chi connectivity index (χ0) is 14.6. The standard InChI is InChI=1S/C15H20O4/c1-10(8-16)5-14(18)19-13-6-12(9-17)15(3,4)7-11(13)2/h5-7,9,13,16H,8H2,1-4H3/t13-/m1/s1. The lowest BCUT2D eigenvalue weighted by atomic mass is 9.78. The quantitative estimate of drug-likeness (QED) is 0.365. The fourth-order valence-electron chi connectivity index (χ4n) is 1.97. The van der Waals surface area contributed by atoms with Crippen molar-refractivity contribution in [1.29, 1.82) is 0 Å². The van der Waals surface area contributed by atoms with Gasteiger partial charge in [-0.3, -0.25) is 4.79 Å². The van der Waals surface area contributed by atoms with Crippen LogP contribution in [0, 0.1) is 5.41 Å². The fourth-order valence-corrected chi connectivity index (χ4v) is 1.97. The van der Waals surface area contributed by atoms with Crippen molar-refractivity contribution in [3.63, 3.8) is 0 Å². The van der Waals surface area contributed by atoms with E-state index in [1.807, 2.05) is 26.8 Å². The average Bonchev–Trinajstić information content (AvgIpc) is 2.31. The van der Waals surface area contributed by atoms with Crippen LogP contribution in [0.2, 0.25) is 0 Å². The first-order chi connectivity index (χ1) is 8.80. The molecule has 0 aromatic carbocycles. The number of allylic oxidation sites excluding steroid dienone is 2. The monoisotopic (exact) mass is 264 g/mol. The Morgan fingerprint density at radius 2 is 2.16 bits per heavy atom. The lowest BCUT2D eigenvalue weighted by Gasteiger charge is -2.29. The highest BCUT2D eigenvalue weighted by molar-refractivity contribution is 5.83. The fraction of sp³-hybridized carbons (Fsp3) is 0.467. The number of ether oxygens (including phenoxy) is 1. The molecule has 1 aliphatic carbocycles. The highest BCUT2D eigenvalue weighted by Gasteiger charge is 2.29. The summed E-state index contributed by atoms with van der Waals surface area (Å²) in [5.74, 6) is -0.523. The van der Waals surface area contributed by atoms with Gasteiger partial charge in [-0.25, -0.2) is 4.79 Å². The van der Waals surface area contributed by atoms with E-state index >= 15 is 0 Å². The number of aliphatic hydroxyl groups is 1. The summed E-state index contributed by atoms with van der Waals surface area (Å²) in [5, 5.41) is 8.84. The van der Waals surface area contributed by atoms with Crippen molar-refractivity contribution < 1.29 is 19.4 Å². The Hall–Kier alpha value is -1.68. The van der Waals surface area contributed by atoms with Crippen LogP contribution in [0.5, 0.6) is 0 Å². The Bertz CT molecular complexity index is 467. The second-order valence-corrected chi connectivity index (χ2v) is 5.36. The third kappa shape index (κ3) is 3.89. The first-order valence-electron chi connectivity index (χ1n) is 6.15. The Morgan fingerprint density at radius 3 is 2.68 bits per heavy atom. The Kier molecular flexibility index (Phi) is 4.84. The van der Waals surface area contributed by atoms with Crippen LogP contribution in [0.25, 0.3) is 0 Å². The van der Waals surface area contributed by atoms with Gasteiger partial charge < -0.3 is 9.84 Å². The van der Waals surface area contributed by atoms with Gasteiger partial charge in [0.05, 0.1) is 6.61 Å². The molecule has 0 heterocycles. The maximum absolute atomic E-state index is 11.6. The van der Waals surface area contributed by atoms with Crippen molar-refractivity contribution in [2.75, 3.05) is 6.61 Å². The second kappa shape index (κ2) is 5.97. The van der Waals surface area contributed by atoms with Gasteiger partial charge in [0, 0.05) is 17.1 Å². The molecule has 0 unspecified atom stereocenters. The van der Waals surface area contributed by atoms with Gasteiger partial charge in [-0.15, -0.1) is 0 Å². The summed E-state index contributed by atoms with van der Waals surface area (Å²) in [4.78, 5) is 22.7. The first-order valence-corrected chi connectivity index (χ1v) is 6.15. The van der Waals surface area contributed by atoms with Gasteiger partial charge in [-0.1, -0.05) is 19.9 Å². The first kappa shape index (κ1) is 15.4. The molecule has 0 bridgehead atoms. The molecule has 0 aliphatic heterocycles. The van der Waals surface area contributed by atoms with Crippen LogP contribution in [0.15, 0.2) is 34.9 Å². The Labute approximate surface area is 113 Å². The normalized spacial score (nSPS) is 22.4. The third-order valence-electron chi connectivity index (χ3n) is 3.10. The molecular formula is C15H20O4. The highest BCUT2D eigenvalue weighted by Crippen LogP contribution is 2.34. The van der Waals surface area contributed by atoms with Gasteiger partial charge in [-0.2, -0.15) is 0 Å². The highest BCUT2D eigenvalue weighted by atomic mass is 16.5. The van der Waals surface area contributed by atoms with Crippen LogP contribution in [0.3, 0.4) is 0 Å². The molecule has 0 aromatic rings. The molecule has 0 saturated heterocycles. The molecule has 1 atom stereocenters. The van der Waals surface area contributed by atoms with Gasteiger partial charge in [0.2, 0.25) is 0 Å². The number of esters is 1. The third-order valence-corrected chi connectivity index (χ3v) is 3.10. The second-order valence-electron chi connectivity index (χ2n) is 5.36. The molecule has 0 saturated carbocycles. The summed E-state index contributed by atoms with van der Waals surface area (Å²) in [5.41, 5.74) is 1.67. The number of rotatable bonds is 4. The van der Waals surface area contributed by atoms with E-state index in [2.05, 4.69) is 0 Å².